The highest BCUT2D eigenvalue weighted by Crippen LogP contribution is 2.31. The van der Waals surface area contributed by atoms with Gasteiger partial charge in [-0.2, -0.15) is 0 Å². The normalized spacial score (nSPS) is 17.4. The maximum atomic E-state index is 12.0. The second kappa shape index (κ2) is 4.67. The van der Waals surface area contributed by atoms with Crippen molar-refractivity contribution in [3.63, 3.8) is 0 Å². The molecular weight excluding hydrogens is 238 g/mol. The first kappa shape index (κ1) is 12.4. The summed E-state index contributed by atoms with van der Waals surface area (Å²) < 4.78 is 0. The van der Waals surface area contributed by atoms with E-state index in [1.807, 2.05) is 6.92 Å². The highest BCUT2D eigenvalue weighted by Gasteiger charge is 2.37. The summed E-state index contributed by atoms with van der Waals surface area (Å²) in [5, 5.41) is 12.9. The number of carbonyl (C=O) groups excluding carboxylic acids is 1. The summed E-state index contributed by atoms with van der Waals surface area (Å²) in [5.74, 6) is -0.140. The summed E-state index contributed by atoms with van der Waals surface area (Å²) in [6.07, 6.45) is 2.75. The van der Waals surface area contributed by atoms with E-state index in [0.717, 1.165) is 24.8 Å². The van der Waals surface area contributed by atoms with E-state index in [1.165, 1.54) is 0 Å². The van der Waals surface area contributed by atoms with Gasteiger partial charge in [0.2, 0.25) is 0 Å². The number of carbonyl (C=O) groups is 1. The van der Waals surface area contributed by atoms with Crippen molar-refractivity contribution in [3.05, 3.63) is 34.3 Å². The molecule has 1 aliphatic rings. The van der Waals surface area contributed by atoms with E-state index in [-0.39, 0.29) is 12.5 Å². The minimum absolute atomic E-state index is 0.00527. The van der Waals surface area contributed by atoms with Crippen molar-refractivity contribution < 1.29 is 9.90 Å². The highest BCUT2D eigenvalue weighted by molar-refractivity contribution is 6.31. The molecule has 1 aromatic carbocycles. The van der Waals surface area contributed by atoms with E-state index in [1.54, 1.807) is 18.2 Å². The number of amides is 1. The van der Waals surface area contributed by atoms with Crippen LogP contribution in [-0.4, -0.2) is 23.2 Å². The van der Waals surface area contributed by atoms with Crippen molar-refractivity contribution in [2.24, 2.45) is 0 Å². The van der Waals surface area contributed by atoms with Gasteiger partial charge in [-0.1, -0.05) is 11.6 Å². The molecule has 92 valence electrons. The predicted molar refractivity (Wildman–Crippen MR) is 67.3 cm³/mol. The smallest absolute Gasteiger partial charge is 0.251 e. The topological polar surface area (TPSA) is 49.3 Å². The van der Waals surface area contributed by atoms with Gasteiger partial charge in [0, 0.05) is 10.6 Å². The van der Waals surface area contributed by atoms with Crippen LogP contribution in [0.5, 0.6) is 0 Å². The summed E-state index contributed by atoms with van der Waals surface area (Å²) in [4.78, 5) is 12.0. The van der Waals surface area contributed by atoms with Crippen LogP contribution in [0.15, 0.2) is 18.2 Å². The molecular formula is C13H16ClNO2. The molecule has 0 atom stereocenters. The molecule has 0 spiro atoms. The van der Waals surface area contributed by atoms with Crippen molar-refractivity contribution >= 4 is 17.5 Å². The van der Waals surface area contributed by atoms with Gasteiger partial charge in [-0.3, -0.25) is 4.79 Å². The summed E-state index contributed by atoms with van der Waals surface area (Å²) in [6, 6.07) is 5.19. The van der Waals surface area contributed by atoms with Gasteiger partial charge < -0.3 is 10.4 Å². The summed E-state index contributed by atoms with van der Waals surface area (Å²) >= 11 is 5.91. The number of benzene rings is 1. The van der Waals surface area contributed by atoms with Crippen LogP contribution in [0.4, 0.5) is 0 Å². The number of rotatable bonds is 3. The van der Waals surface area contributed by atoms with Crippen LogP contribution in [0.1, 0.15) is 35.2 Å². The Kier molecular flexibility index (Phi) is 3.40. The van der Waals surface area contributed by atoms with Gasteiger partial charge in [0.05, 0.1) is 12.1 Å². The summed E-state index contributed by atoms with van der Waals surface area (Å²) in [6.45, 7) is 1.87. The minimum atomic E-state index is -0.398. The first-order valence-corrected chi connectivity index (χ1v) is 6.14. The minimum Gasteiger partial charge on any atom is -0.394 e. The van der Waals surface area contributed by atoms with Crippen LogP contribution in [0.25, 0.3) is 0 Å². The molecule has 2 N–H and O–H groups in total. The van der Waals surface area contributed by atoms with E-state index in [4.69, 9.17) is 11.6 Å². The van der Waals surface area contributed by atoms with E-state index < -0.39 is 5.54 Å². The SMILES string of the molecule is Cc1cc(C(=O)NC2(CO)CCC2)ccc1Cl. The molecule has 3 nitrogen and oxygen atoms in total. The summed E-state index contributed by atoms with van der Waals surface area (Å²) in [7, 11) is 0. The quantitative estimate of drug-likeness (QED) is 0.868. The van der Waals surface area contributed by atoms with Crippen molar-refractivity contribution in [2.75, 3.05) is 6.61 Å². The Morgan fingerprint density at radius 2 is 2.24 bits per heavy atom. The Bertz CT molecular complexity index is 436. The molecule has 1 saturated carbocycles. The third-order valence-corrected chi connectivity index (χ3v) is 3.84. The van der Waals surface area contributed by atoms with Crippen molar-refractivity contribution in [3.8, 4) is 0 Å². The molecule has 0 aromatic heterocycles. The van der Waals surface area contributed by atoms with Crippen LogP contribution in [0.3, 0.4) is 0 Å². The molecule has 0 heterocycles. The van der Waals surface area contributed by atoms with E-state index in [0.29, 0.717) is 10.6 Å². The van der Waals surface area contributed by atoms with Gasteiger partial charge >= 0.3 is 0 Å². The number of nitrogens with one attached hydrogen (secondary N) is 1. The average Bonchev–Trinajstić information content (AvgIpc) is 2.27. The molecule has 0 bridgehead atoms. The van der Waals surface area contributed by atoms with Gasteiger partial charge in [0.1, 0.15) is 0 Å². The molecule has 0 saturated heterocycles. The first-order valence-electron chi connectivity index (χ1n) is 5.76. The largest absolute Gasteiger partial charge is 0.394 e. The van der Waals surface area contributed by atoms with Crippen LogP contribution in [0.2, 0.25) is 5.02 Å². The number of aryl methyl sites for hydroxylation is 1. The van der Waals surface area contributed by atoms with Crippen molar-refractivity contribution in [2.45, 2.75) is 31.7 Å². The molecule has 1 fully saturated rings. The van der Waals surface area contributed by atoms with Gasteiger partial charge in [0.15, 0.2) is 0 Å². The molecule has 1 aromatic rings. The fourth-order valence-corrected chi connectivity index (χ4v) is 2.14. The number of hydrogen-bond acceptors (Lipinski definition) is 2. The predicted octanol–water partition coefficient (Wildman–Crippen LogP) is 2.29. The lowest BCUT2D eigenvalue weighted by molar-refractivity contribution is 0.0641. The highest BCUT2D eigenvalue weighted by atomic mass is 35.5. The Morgan fingerprint density at radius 3 is 2.71 bits per heavy atom. The summed E-state index contributed by atoms with van der Waals surface area (Å²) in [5.41, 5.74) is 1.07. The van der Waals surface area contributed by atoms with E-state index >= 15 is 0 Å². The molecule has 1 amide bonds. The van der Waals surface area contributed by atoms with Crippen LogP contribution in [-0.2, 0) is 0 Å². The van der Waals surface area contributed by atoms with Gasteiger partial charge in [-0.05, 0) is 49.9 Å². The van der Waals surface area contributed by atoms with Gasteiger partial charge in [-0.25, -0.2) is 0 Å². The van der Waals surface area contributed by atoms with Gasteiger partial charge in [-0.15, -0.1) is 0 Å². The van der Waals surface area contributed by atoms with Crippen molar-refractivity contribution in [1.82, 2.24) is 5.32 Å². The number of aliphatic hydroxyl groups is 1. The van der Waals surface area contributed by atoms with Gasteiger partial charge in [0.25, 0.3) is 5.91 Å². The Balaban J connectivity index is 2.11. The first-order chi connectivity index (χ1) is 8.06. The zero-order valence-electron chi connectivity index (χ0n) is 9.79. The second-order valence-corrected chi connectivity index (χ2v) is 5.12. The van der Waals surface area contributed by atoms with Crippen LogP contribution >= 0.6 is 11.6 Å². The molecule has 0 aliphatic heterocycles. The maximum absolute atomic E-state index is 12.0. The van der Waals surface area contributed by atoms with E-state index in [2.05, 4.69) is 5.32 Å². The second-order valence-electron chi connectivity index (χ2n) is 4.71. The average molecular weight is 254 g/mol. The lowest BCUT2D eigenvalue weighted by Gasteiger charge is -2.40. The third-order valence-electron chi connectivity index (χ3n) is 3.41. The lowest BCUT2D eigenvalue weighted by Crippen LogP contribution is -2.56. The zero-order valence-corrected chi connectivity index (χ0v) is 10.5. The lowest BCUT2D eigenvalue weighted by atomic mass is 9.77. The van der Waals surface area contributed by atoms with E-state index in [9.17, 15) is 9.90 Å². The Labute approximate surface area is 106 Å². The molecule has 4 heteroatoms. The molecule has 17 heavy (non-hydrogen) atoms. The monoisotopic (exact) mass is 253 g/mol. The maximum Gasteiger partial charge on any atom is 0.251 e. The third kappa shape index (κ3) is 2.45. The number of halogens is 1. The number of aliphatic hydroxyl groups excluding tert-OH is 1. The fourth-order valence-electron chi connectivity index (χ4n) is 2.03. The van der Waals surface area contributed by atoms with Crippen molar-refractivity contribution in [1.29, 1.82) is 0 Å². The standard InChI is InChI=1S/C13H16ClNO2/c1-9-7-10(3-4-11(9)14)12(17)15-13(8-16)5-2-6-13/h3-4,7,16H,2,5-6,8H2,1H3,(H,15,17). The fraction of sp³-hybridized carbons (Fsp3) is 0.462. The Hall–Kier alpha value is -1.06. The van der Waals surface area contributed by atoms with Crippen LogP contribution < -0.4 is 5.32 Å². The number of hydrogen-bond donors (Lipinski definition) is 2. The molecule has 0 unspecified atom stereocenters. The molecule has 2 rings (SSSR count). The molecule has 1 aliphatic carbocycles. The zero-order chi connectivity index (χ0) is 12.5. The van der Waals surface area contributed by atoms with Crippen LogP contribution in [0, 0.1) is 6.92 Å². The molecule has 0 radical (unpaired) electrons. The Morgan fingerprint density at radius 1 is 1.53 bits per heavy atom.